The fourth-order valence-corrected chi connectivity index (χ4v) is 2.98. The lowest BCUT2D eigenvalue weighted by Crippen LogP contribution is -2.49. The van der Waals surface area contributed by atoms with Crippen LogP contribution in [-0.4, -0.2) is 72.7 Å². The van der Waals surface area contributed by atoms with Crippen molar-refractivity contribution in [2.24, 2.45) is 0 Å². The summed E-state index contributed by atoms with van der Waals surface area (Å²) < 4.78 is 5.61. The molecule has 1 saturated heterocycles. The molecule has 126 valence electrons. The number of carboxylic acid groups (broad SMARTS) is 1. The van der Waals surface area contributed by atoms with Crippen LogP contribution in [-0.2, 0) is 9.53 Å². The highest BCUT2D eigenvalue weighted by atomic mass is 35.5. The third kappa shape index (κ3) is 5.07. The van der Waals surface area contributed by atoms with Crippen LogP contribution in [0.25, 0.3) is 0 Å². The van der Waals surface area contributed by atoms with Gasteiger partial charge in [0.25, 0.3) is 5.91 Å². The number of carbonyl (C=O) groups excluding carboxylic acids is 1. The molecule has 1 heterocycles. The van der Waals surface area contributed by atoms with Gasteiger partial charge >= 0.3 is 5.97 Å². The number of benzene rings is 1. The van der Waals surface area contributed by atoms with Gasteiger partial charge in [-0.25, -0.2) is 0 Å². The molecule has 6 nitrogen and oxygen atoms in total. The van der Waals surface area contributed by atoms with Gasteiger partial charge in [-0.05, 0) is 25.2 Å². The topological polar surface area (TPSA) is 70.1 Å². The molecule has 0 saturated carbocycles. The quantitative estimate of drug-likeness (QED) is 0.867. The maximum absolute atomic E-state index is 12.6. The van der Waals surface area contributed by atoms with Crippen molar-refractivity contribution in [3.05, 3.63) is 33.8 Å². The Labute approximate surface area is 144 Å². The van der Waals surface area contributed by atoms with Gasteiger partial charge in [-0.1, -0.05) is 23.2 Å². The fraction of sp³-hybridized carbons (Fsp3) is 0.467. The van der Waals surface area contributed by atoms with Crippen molar-refractivity contribution >= 4 is 35.1 Å². The van der Waals surface area contributed by atoms with Gasteiger partial charge in [-0.2, -0.15) is 0 Å². The average molecular weight is 361 g/mol. The summed E-state index contributed by atoms with van der Waals surface area (Å²) in [6, 6.07) is 4.77. The number of carboxylic acids is 1. The summed E-state index contributed by atoms with van der Waals surface area (Å²) in [4.78, 5) is 26.6. The number of hydrogen-bond acceptors (Lipinski definition) is 4. The number of hydrogen-bond donors (Lipinski definition) is 1. The van der Waals surface area contributed by atoms with E-state index in [1.807, 2.05) is 0 Å². The number of halogens is 2. The van der Waals surface area contributed by atoms with E-state index in [0.717, 1.165) is 0 Å². The van der Waals surface area contributed by atoms with Crippen LogP contribution < -0.4 is 0 Å². The molecule has 1 aromatic rings. The molecule has 0 radical (unpaired) electrons. The van der Waals surface area contributed by atoms with Crippen molar-refractivity contribution < 1.29 is 19.4 Å². The minimum absolute atomic E-state index is 0.0726. The SMILES string of the molecule is CN(CC(=O)O)CC1CN(C(=O)c2ccc(Cl)cc2Cl)CCO1. The maximum Gasteiger partial charge on any atom is 0.317 e. The molecule has 1 amide bonds. The highest BCUT2D eigenvalue weighted by molar-refractivity contribution is 6.36. The van der Waals surface area contributed by atoms with Crippen LogP contribution in [0.15, 0.2) is 18.2 Å². The molecule has 0 aliphatic carbocycles. The van der Waals surface area contributed by atoms with Crippen LogP contribution in [0, 0.1) is 0 Å². The van der Waals surface area contributed by atoms with E-state index < -0.39 is 5.97 Å². The Balaban J connectivity index is 2.00. The van der Waals surface area contributed by atoms with E-state index in [9.17, 15) is 9.59 Å². The Hall–Kier alpha value is -1.34. The fourth-order valence-electron chi connectivity index (χ4n) is 2.49. The zero-order valence-corrected chi connectivity index (χ0v) is 14.2. The second-order valence-corrected chi connectivity index (χ2v) is 6.30. The minimum Gasteiger partial charge on any atom is -0.480 e. The van der Waals surface area contributed by atoms with Crippen molar-refractivity contribution in [3.63, 3.8) is 0 Å². The van der Waals surface area contributed by atoms with E-state index in [-0.39, 0.29) is 18.6 Å². The summed E-state index contributed by atoms with van der Waals surface area (Å²) in [5.74, 6) is -1.08. The minimum atomic E-state index is -0.899. The molecular formula is C15H18Cl2N2O4. The Bertz CT molecular complexity index is 597. The molecule has 2 rings (SSSR count). The number of nitrogens with zero attached hydrogens (tertiary/aromatic N) is 2. The Morgan fingerprint density at radius 2 is 2.17 bits per heavy atom. The zero-order valence-electron chi connectivity index (χ0n) is 12.7. The van der Waals surface area contributed by atoms with Gasteiger partial charge in [0.15, 0.2) is 0 Å². The van der Waals surface area contributed by atoms with Crippen molar-refractivity contribution in [1.82, 2.24) is 9.80 Å². The standard InChI is InChI=1S/C15H18Cl2N2O4/c1-18(9-14(20)21)7-11-8-19(4-5-23-11)15(22)12-3-2-10(16)6-13(12)17/h2-3,6,11H,4-5,7-9H2,1H3,(H,20,21). The van der Waals surface area contributed by atoms with Crippen LogP contribution in [0.4, 0.5) is 0 Å². The second kappa shape index (κ2) is 7.97. The van der Waals surface area contributed by atoms with Crippen molar-refractivity contribution in [2.75, 3.05) is 39.8 Å². The molecule has 1 aromatic carbocycles. The molecule has 8 heteroatoms. The number of ether oxygens (including phenoxy) is 1. The predicted octanol–water partition coefficient (Wildman–Crippen LogP) is 1.85. The molecule has 1 aliphatic heterocycles. The van der Waals surface area contributed by atoms with Gasteiger partial charge in [-0.3, -0.25) is 14.5 Å². The van der Waals surface area contributed by atoms with Gasteiger partial charge in [0, 0.05) is 24.7 Å². The lowest BCUT2D eigenvalue weighted by molar-refractivity contribution is -0.138. The zero-order chi connectivity index (χ0) is 17.0. The van der Waals surface area contributed by atoms with Gasteiger partial charge < -0.3 is 14.7 Å². The Morgan fingerprint density at radius 1 is 1.43 bits per heavy atom. The predicted molar refractivity (Wildman–Crippen MR) is 87.2 cm³/mol. The number of carbonyl (C=O) groups is 2. The Kier molecular flexibility index (Phi) is 6.24. The van der Waals surface area contributed by atoms with Crippen molar-refractivity contribution in [2.45, 2.75) is 6.10 Å². The smallest absolute Gasteiger partial charge is 0.317 e. The van der Waals surface area contributed by atoms with E-state index in [1.54, 1.807) is 29.0 Å². The van der Waals surface area contributed by atoms with E-state index in [0.29, 0.717) is 41.8 Å². The summed E-state index contributed by atoms with van der Waals surface area (Å²) in [7, 11) is 1.70. The van der Waals surface area contributed by atoms with Crippen molar-refractivity contribution in [3.8, 4) is 0 Å². The van der Waals surface area contributed by atoms with Gasteiger partial charge in [0.2, 0.25) is 0 Å². The summed E-state index contributed by atoms with van der Waals surface area (Å²) in [5, 5.41) is 9.57. The number of likely N-dealkylation sites (N-methyl/N-ethyl adjacent to an activating group) is 1. The normalized spacial score (nSPS) is 18.3. The molecule has 1 fully saturated rings. The highest BCUT2D eigenvalue weighted by Crippen LogP contribution is 2.23. The van der Waals surface area contributed by atoms with Crippen LogP contribution in [0.1, 0.15) is 10.4 Å². The van der Waals surface area contributed by atoms with Crippen LogP contribution >= 0.6 is 23.2 Å². The number of rotatable bonds is 5. The molecular weight excluding hydrogens is 343 g/mol. The summed E-state index contributed by atoms with van der Waals surface area (Å²) in [6.45, 7) is 1.63. The Morgan fingerprint density at radius 3 is 2.83 bits per heavy atom. The number of amides is 1. The van der Waals surface area contributed by atoms with Gasteiger partial charge in [0.1, 0.15) is 0 Å². The summed E-state index contributed by atoms with van der Waals surface area (Å²) in [6.07, 6.45) is -0.233. The highest BCUT2D eigenvalue weighted by Gasteiger charge is 2.27. The van der Waals surface area contributed by atoms with Crippen LogP contribution in [0.2, 0.25) is 10.0 Å². The molecule has 1 aliphatic rings. The van der Waals surface area contributed by atoms with E-state index in [1.165, 1.54) is 6.07 Å². The second-order valence-electron chi connectivity index (χ2n) is 5.46. The first-order valence-corrected chi connectivity index (χ1v) is 7.88. The maximum atomic E-state index is 12.6. The monoisotopic (exact) mass is 360 g/mol. The average Bonchev–Trinajstić information content (AvgIpc) is 2.46. The lowest BCUT2D eigenvalue weighted by Gasteiger charge is -2.34. The first-order valence-electron chi connectivity index (χ1n) is 7.13. The molecule has 23 heavy (non-hydrogen) atoms. The summed E-state index contributed by atoms with van der Waals surface area (Å²) in [5.41, 5.74) is 0.399. The third-order valence-corrected chi connectivity index (χ3v) is 4.06. The molecule has 0 bridgehead atoms. The first kappa shape index (κ1) is 18.0. The summed E-state index contributed by atoms with van der Waals surface area (Å²) >= 11 is 11.9. The van der Waals surface area contributed by atoms with Crippen molar-refractivity contribution in [1.29, 1.82) is 0 Å². The number of aliphatic carboxylic acids is 1. The third-order valence-electron chi connectivity index (χ3n) is 3.51. The number of morpholine rings is 1. The first-order chi connectivity index (χ1) is 10.9. The van der Waals surface area contributed by atoms with E-state index >= 15 is 0 Å². The molecule has 0 spiro atoms. The lowest BCUT2D eigenvalue weighted by atomic mass is 10.1. The van der Waals surface area contributed by atoms with Crippen LogP contribution in [0.5, 0.6) is 0 Å². The van der Waals surface area contributed by atoms with Crippen LogP contribution in [0.3, 0.4) is 0 Å². The largest absolute Gasteiger partial charge is 0.480 e. The van der Waals surface area contributed by atoms with Gasteiger partial charge in [-0.15, -0.1) is 0 Å². The molecule has 1 unspecified atom stereocenters. The van der Waals surface area contributed by atoms with Gasteiger partial charge in [0.05, 0.1) is 29.8 Å². The van der Waals surface area contributed by atoms with E-state index in [4.69, 9.17) is 33.0 Å². The molecule has 1 N–H and O–H groups in total. The molecule has 0 aromatic heterocycles. The molecule has 1 atom stereocenters. The van der Waals surface area contributed by atoms with E-state index in [2.05, 4.69) is 0 Å².